The number of carbonyl (C=O) groups is 1. The minimum absolute atomic E-state index is 0. The number of carbonyl (C=O) groups excluding carboxylic acids is 1. The van der Waals surface area contributed by atoms with Crippen molar-refractivity contribution in [1.29, 1.82) is 0 Å². The highest BCUT2D eigenvalue weighted by atomic mass is 16.5. The normalized spacial score (nSPS) is 11.3. The van der Waals surface area contributed by atoms with Crippen LogP contribution in [0.2, 0.25) is 0 Å². The first-order valence-electron chi connectivity index (χ1n) is 14.6. The minimum Gasteiger partial charge on any atom is -0.486 e. The lowest BCUT2D eigenvalue weighted by atomic mass is 10.2. The predicted molar refractivity (Wildman–Crippen MR) is 176 cm³/mol. The topological polar surface area (TPSA) is 142 Å². The maximum Gasteiger partial charge on any atom is 0.264 e. The van der Waals surface area contributed by atoms with Crippen molar-refractivity contribution in [1.82, 2.24) is 25.2 Å². The number of aromatic amines is 2. The Labute approximate surface area is 252 Å². The third-order valence-electron chi connectivity index (χ3n) is 5.30. The Kier molecular flexibility index (Phi) is 21.7. The van der Waals surface area contributed by atoms with Crippen molar-refractivity contribution in [3.05, 3.63) is 94.5 Å². The summed E-state index contributed by atoms with van der Waals surface area (Å²) in [7, 11) is 0. The van der Waals surface area contributed by atoms with Crippen molar-refractivity contribution in [2.24, 2.45) is 10.8 Å². The molecule has 0 bridgehead atoms. The molecule has 1 aromatic carbocycles. The number of para-hydroxylation sites is 1. The Morgan fingerprint density at radius 3 is 2.38 bits per heavy atom. The molecule has 0 aliphatic heterocycles. The summed E-state index contributed by atoms with van der Waals surface area (Å²) >= 11 is 0. The van der Waals surface area contributed by atoms with Gasteiger partial charge < -0.3 is 10.5 Å². The smallest absolute Gasteiger partial charge is 0.264 e. The van der Waals surface area contributed by atoms with Gasteiger partial charge in [0.15, 0.2) is 5.82 Å². The van der Waals surface area contributed by atoms with Gasteiger partial charge in [0, 0.05) is 32.4 Å². The molecule has 10 heteroatoms. The summed E-state index contributed by atoms with van der Waals surface area (Å²) in [6.07, 6.45) is 16.3. The number of aromatic nitrogens is 4. The van der Waals surface area contributed by atoms with Crippen molar-refractivity contribution in [2.45, 2.75) is 74.3 Å². The zero-order chi connectivity index (χ0) is 31.6. The summed E-state index contributed by atoms with van der Waals surface area (Å²) in [5.74, 6) is 0.168. The van der Waals surface area contributed by atoms with E-state index in [0.29, 0.717) is 17.3 Å². The molecule has 0 saturated heterocycles. The van der Waals surface area contributed by atoms with Crippen LogP contribution in [0.25, 0.3) is 5.57 Å². The Bertz CT molecular complexity index is 1260. The molecule has 1 amide bonds. The number of hydrogen-bond acceptors (Lipinski definition) is 7. The third-order valence-corrected chi connectivity index (χ3v) is 5.30. The molecule has 0 radical (unpaired) electrons. The first-order chi connectivity index (χ1) is 20.4. The fourth-order valence-corrected chi connectivity index (χ4v) is 3.00. The predicted octanol–water partition coefficient (Wildman–Crippen LogP) is 6.61. The van der Waals surface area contributed by atoms with Crippen molar-refractivity contribution in [3.63, 3.8) is 0 Å². The second-order valence-corrected chi connectivity index (χ2v) is 8.32. The maximum absolute atomic E-state index is 12.1. The average molecular weight is 582 g/mol. The van der Waals surface area contributed by atoms with Crippen molar-refractivity contribution in [2.75, 3.05) is 13.1 Å². The molecule has 4 N–H and O–H groups in total. The van der Waals surface area contributed by atoms with E-state index < -0.39 is 11.5 Å². The van der Waals surface area contributed by atoms with E-state index in [1.807, 2.05) is 62.4 Å². The summed E-state index contributed by atoms with van der Waals surface area (Å²) in [6, 6.07) is 7.87. The van der Waals surface area contributed by atoms with Gasteiger partial charge in [-0.2, -0.15) is 5.10 Å². The quantitative estimate of drug-likeness (QED) is 0.225. The number of rotatable bonds is 9. The number of allylic oxidation sites excluding steroid dienone is 6. The molecule has 0 saturated carbocycles. The minimum atomic E-state index is -0.600. The second kappa shape index (κ2) is 24.3. The van der Waals surface area contributed by atoms with Crippen LogP contribution < -0.4 is 16.0 Å². The second-order valence-electron chi connectivity index (χ2n) is 8.32. The lowest BCUT2D eigenvalue weighted by molar-refractivity contribution is 0.0996. The lowest BCUT2D eigenvalue weighted by Gasteiger charge is -2.11. The Morgan fingerprint density at radius 1 is 1.10 bits per heavy atom. The van der Waals surface area contributed by atoms with E-state index in [9.17, 15) is 9.59 Å². The average Bonchev–Trinajstić information content (AvgIpc) is 3.26. The highest BCUT2D eigenvalue weighted by Crippen LogP contribution is 2.18. The van der Waals surface area contributed by atoms with E-state index in [0.717, 1.165) is 25.1 Å². The van der Waals surface area contributed by atoms with Crippen LogP contribution in [0.1, 0.15) is 91.0 Å². The van der Waals surface area contributed by atoms with E-state index in [1.54, 1.807) is 24.3 Å². The molecule has 2 aromatic rings. The SMILES string of the molecule is C/C=N\N(CC)CC.CC.CCCC.NC(=O)c1ccccc1OCc1cc(=O)[nH][nH]c(C2=CC=CCC=C2)ncn1.[HH]. The highest BCUT2D eigenvalue weighted by Gasteiger charge is 2.08. The van der Waals surface area contributed by atoms with Crippen LogP contribution in [0, 0.1) is 0 Å². The third kappa shape index (κ3) is 16.0. The summed E-state index contributed by atoms with van der Waals surface area (Å²) in [5, 5.41) is 11.4. The van der Waals surface area contributed by atoms with Crippen LogP contribution in [0.3, 0.4) is 0 Å². The number of unbranched alkanes of at least 4 members (excludes halogenated alkanes) is 1. The van der Waals surface area contributed by atoms with E-state index in [4.69, 9.17) is 10.5 Å². The van der Waals surface area contributed by atoms with Gasteiger partial charge >= 0.3 is 0 Å². The number of ether oxygens (including phenoxy) is 1. The summed E-state index contributed by atoms with van der Waals surface area (Å²) in [4.78, 5) is 32.1. The van der Waals surface area contributed by atoms with Crippen LogP contribution in [0.5, 0.6) is 5.75 Å². The van der Waals surface area contributed by atoms with E-state index in [1.165, 1.54) is 25.2 Å². The summed E-state index contributed by atoms with van der Waals surface area (Å²) < 4.78 is 5.62. The van der Waals surface area contributed by atoms with Crippen molar-refractivity contribution >= 4 is 17.7 Å². The first-order valence-corrected chi connectivity index (χ1v) is 14.6. The van der Waals surface area contributed by atoms with Gasteiger partial charge in [-0.15, -0.1) is 0 Å². The number of hydrogen-bond donors (Lipinski definition) is 3. The van der Waals surface area contributed by atoms with E-state index in [2.05, 4.69) is 53.0 Å². The molecule has 0 unspecified atom stereocenters. The van der Waals surface area contributed by atoms with Gasteiger partial charge in [-0.25, -0.2) is 9.97 Å². The van der Waals surface area contributed by atoms with Crippen LogP contribution in [-0.2, 0) is 6.61 Å². The van der Waals surface area contributed by atoms with Gasteiger partial charge in [0.1, 0.15) is 18.7 Å². The number of primary amides is 1. The number of nitrogens with zero attached hydrogens (tertiary/aromatic N) is 4. The Balaban J connectivity index is 0. The molecular formula is C32H51N7O3. The monoisotopic (exact) mass is 581 g/mol. The van der Waals surface area contributed by atoms with E-state index >= 15 is 0 Å². The van der Waals surface area contributed by atoms with Crippen LogP contribution in [-0.4, -0.2) is 50.4 Å². The molecule has 232 valence electrons. The molecule has 3 rings (SSSR count). The molecule has 0 atom stereocenters. The molecule has 0 spiro atoms. The van der Waals surface area contributed by atoms with Gasteiger partial charge in [0.25, 0.3) is 11.5 Å². The van der Waals surface area contributed by atoms with Crippen LogP contribution >= 0.6 is 0 Å². The zero-order valence-electron chi connectivity index (χ0n) is 26.3. The zero-order valence-corrected chi connectivity index (χ0v) is 26.3. The van der Waals surface area contributed by atoms with Crippen LogP contribution in [0.4, 0.5) is 0 Å². The Morgan fingerprint density at radius 2 is 1.79 bits per heavy atom. The number of H-pyrrole nitrogens is 2. The van der Waals surface area contributed by atoms with Crippen LogP contribution in [0.15, 0.2) is 76.9 Å². The fraction of sp³-hybridized carbons (Fsp3) is 0.406. The maximum atomic E-state index is 12.1. The molecule has 1 aromatic heterocycles. The number of amides is 1. The first kappa shape index (κ1) is 37.5. The van der Waals surface area contributed by atoms with Gasteiger partial charge in [-0.3, -0.25) is 24.8 Å². The van der Waals surface area contributed by atoms with Gasteiger partial charge in [-0.05, 0) is 39.3 Å². The summed E-state index contributed by atoms with van der Waals surface area (Å²) in [6.45, 7) is 16.4. The largest absolute Gasteiger partial charge is 0.486 e. The number of hydrazone groups is 1. The molecule has 10 nitrogen and oxygen atoms in total. The van der Waals surface area contributed by atoms with Crippen molar-refractivity contribution in [3.8, 4) is 5.75 Å². The number of nitrogens with one attached hydrogen (secondary N) is 2. The number of nitrogens with two attached hydrogens (primary N) is 1. The standard InChI is InChI=1S/C20H19N5O3.C6H14N2.C4H10.C2H6.H2/c21-19(27)16-9-5-6-10-17(16)28-12-15-11-18(26)24-25-20(23-13-22-15)14-7-3-1-2-4-8-14;1-4-7-8(5-2)6-3;1-3-4-2;1-2;/h1,3-11,13H,2,12H2,(H2,21,27)(H,24,26)(H,22,23,25);4H,5-6H2,1-3H3;3-4H2,1-2H3;1-2H3;1H/b;7-4-;;;. The molecule has 1 aliphatic carbocycles. The number of benzene rings is 1. The van der Waals surface area contributed by atoms with Gasteiger partial charge in [0.2, 0.25) is 0 Å². The highest BCUT2D eigenvalue weighted by molar-refractivity contribution is 5.95. The Hall–Kier alpha value is -4.47. The summed E-state index contributed by atoms with van der Waals surface area (Å²) in [5.41, 5.74) is 6.31. The molecular weight excluding hydrogens is 530 g/mol. The van der Waals surface area contributed by atoms with E-state index in [-0.39, 0.29) is 13.6 Å². The molecule has 0 fully saturated rings. The fourth-order valence-electron chi connectivity index (χ4n) is 3.00. The molecule has 1 heterocycles. The molecule has 42 heavy (non-hydrogen) atoms. The van der Waals surface area contributed by atoms with Crippen molar-refractivity contribution < 1.29 is 11.0 Å². The lowest BCUT2D eigenvalue weighted by Crippen LogP contribution is -2.15. The van der Waals surface area contributed by atoms with Gasteiger partial charge in [0.05, 0.1) is 11.3 Å². The molecule has 1 aliphatic rings. The van der Waals surface area contributed by atoms with Gasteiger partial charge in [-0.1, -0.05) is 83.0 Å².